The number of nitrogens with zero attached hydrogens (tertiary/aromatic N) is 1. The summed E-state index contributed by atoms with van der Waals surface area (Å²) in [5.74, 6) is 0. The van der Waals surface area contributed by atoms with Gasteiger partial charge in [-0.2, -0.15) is 5.26 Å². The van der Waals surface area contributed by atoms with E-state index < -0.39 is 0 Å². The van der Waals surface area contributed by atoms with E-state index in [4.69, 9.17) is 5.26 Å². The summed E-state index contributed by atoms with van der Waals surface area (Å²) in [7, 11) is 0. The average Bonchev–Trinajstić information content (AvgIpc) is 1.84. The Morgan fingerprint density at radius 2 is 2.50 bits per heavy atom. The van der Waals surface area contributed by atoms with Gasteiger partial charge in [0.2, 0.25) is 0 Å². The molecule has 0 heterocycles. The zero-order chi connectivity index (χ0) is 6.57. The van der Waals surface area contributed by atoms with Crippen molar-refractivity contribution in [3.05, 3.63) is 11.5 Å². The second kappa shape index (κ2) is 4.21. The van der Waals surface area contributed by atoms with Crippen LogP contribution in [0.1, 0.15) is 0 Å². The first-order chi connectivity index (χ1) is 3.72. The van der Waals surface area contributed by atoms with Crippen LogP contribution in [0.4, 0.5) is 0 Å². The molecular weight excluding hydrogens is 233 g/mol. The van der Waals surface area contributed by atoms with E-state index >= 15 is 0 Å². The molecule has 0 saturated heterocycles. The van der Waals surface area contributed by atoms with Gasteiger partial charge >= 0.3 is 0 Å². The van der Waals surface area contributed by atoms with Crippen LogP contribution < -0.4 is 0 Å². The molecule has 0 saturated carbocycles. The fourth-order valence-corrected chi connectivity index (χ4v) is 1.20. The van der Waals surface area contributed by atoms with E-state index in [1.54, 1.807) is 0 Å². The number of rotatable bonds is 2. The van der Waals surface area contributed by atoms with Crippen LogP contribution in [0.3, 0.4) is 0 Å². The van der Waals surface area contributed by atoms with Gasteiger partial charge in [-0.1, -0.05) is 29.2 Å². The lowest BCUT2D eigenvalue weighted by Gasteiger charge is -1.97. The molecule has 0 aliphatic rings. The molecule has 0 spiro atoms. The van der Waals surface area contributed by atoms with Crippen molar-refractivity contribution in [3.63, 3.8) is 0 Å². The van der Waals surface area contributed by atoms with Crippen molar-refractivity contribution in [3.8, 4) is 6.07 Å². The Morgan fingerprint density at radius 3 is 2.62 bits per heavy atom. The molecule has 0 aromatic rings. The fraction of sp³-hybridized carbons (Fsp3) is 0.400. The summed E-state index contributed by atoms with van der Waals surface area (Å²) in [4.78, 5) is 0.924. The highest BCUT2D eigenvalue weighted by molar-refractivity contribution is 14.1. The van der Waals surface area contributed by atoms with Gasteiger partial charge in [0.1, 0.15) is 3.92 Å². The molecule has 1 unspecified atom stereocenters. The summed E-state index contributed by atoms with van der Waals surface area (Å²) < 4.78 is -0.0393. The third kappa shape index (κ3) is 2.58. The number of allylic oxidation sites excluding steroid dienone is 1. The molecule has 0 aliphatic heterocycles. The minimum Gasteiger partial charge on any atom is -0.197 e. The molecule has 0 amide bonds. The molecule has 0 N–H and O–H groups in total. The predicted octanol–water partition coefficient (Wildman–Crippen LogP) is 2.19. The lowest BCUT2D eigenvalue weighted by Crippen LogP contribution is -1.90. The number of hydrogen-bond donors (Lipinski definition) is 0. The maximum Gasteiger partial charge on any atom is 0.128 e. The third-order valence-electron chi connectivity index (χ3n) is 0.658. The molecule has 0 fully saturated rings. The minimum atomic E-state index is -0.0393. The molecule has 1 nitrogen and oxygen atoms in total. The maximum atomic E-state index is 8.30. The molecule has 0 aliphatic carbocycles. The zero-order valence-corrected chi connectivity index (χ0v) is 7.49. The van der Waals surface area contributed by atoms with Crippen molar-refractivity contribution < 1.29 is 0 Å². The van der Waals surface area contributed by atoms with Crippen LogP contribution in [0.25, 0.3) is 0 Å². The minimum absolute atomic E-state index is 0.0393. The van der Waals surface area contributed by atoms with E-state index in [0.29, 0.717) is 0 Å². The summed E-state index contributed by atoms with van der Waals surface area (Å²) >= 11 is 3.58. The molecular formula is C5H6INS. The van der Waals surface area contributed by atoms with Gasteiger partial charge in [-0.05, 0) is 6.26 Å². The van der Waals surface area contributed by atoms with E-state index in [-0.39, 0.29) is 3.92 Å². The van der Waals surface area contributed by atoms with Crippen molar-refractivity contribution in [1.29, 1.82) is 5.26 Å². The zero-order valence-electron chi connectivity index (χ0n) is 4.52. The maximum absolute atomic E-state index is 8.30. The Kier molecular flexibility index (Phi) is 4.38. The third-order valence-corrected chi connectivity index (χ3v) is 2.87. The van der Waals surface area contributed by atoms with Crippen LogP contribution in [0.5, 0.6) is 0 Å². The van der Waals surface area contributed by atoms with Gasteiger partial charge in [-0.25, -0.2) is 0 Å². The van der Waals surface area contributed by atoms with Gasteiger partial charge in [0, 0.05) is 4.91 Å². The van der Waals surface area contributed by atoms with Crippen LogP contribution >= 0.6 is 34.4 Å². The van der Waals surface area contributed by atoms with Gasteiger partial charge in [0.15, 0.2) is 0 Å². The molecule has 44 valence electrons. The smallest absolute Gasteiger partial charge is 0.128 e. The van der Waals surface area contributed by atoms with E-state index in [1.165, 1.54) is 11.8 Å². The first kappa shape index (κ1) is 8.31. The molecule has 8 heavy (non-hydrogen) atoms. The Morgan fingerprint density at radius 1 is 2.00 bits per heavy atom. The first-order valence-electron chi connectivity index (χ1n) is 1.99. The molecule has 0 rings (SSSR count). The molecule has 3 heteroatoms. The quantitative estimate of drug-likeness (QED) is 0.544. The van der Waals surface area contributed by atoms with Crippen molar-refractivity contribution in [2.24, 2.45) is 0 Å². The Balaban J connectivity index is 3.68. The van der Waals surface area contributed by atoms with Gasteiger partial charge in [0.25, 0.3) is 0 Å². The van der Waals surface area contributed by atoms with E-state index in [2.05, 4.69) is 35.2 Å². The lowest BCUT2D eigenvalue weighted by molar-refractivity contribution is 1.39. The number of halogens is 1. The highest BCUT2D eigenvalue weighted by Gasteiger charge is 2.02. The Bertz CT molecular complexity index is 127. The largest absolute Gasteiger partial charge is 0.197 e. The standard InChI is InChI=1S/C5H6INS/c1-4(8-2)5(6)3-7/h5H,1H2,2H3. The summed E-state index contributed by atoms with van der Waals surface area (Å²) in [6.07, 6.45) is 1.92. The van der Waals surface area contributed by atoms with Crippen LogP contribution in [0.15, 0.2) is 11.5 Å². The van der Waals surface area contributed by atoms with E-state index in [0.717, 1.165) is 4.91 Å². The average molecular weight is 239 g/mol. The van der Waals surface area contributed by atoms with Crippen molar-refractivity contribution in [2.75, 3.05) is 6.26 Å². The number of thioether (sulfide) groups is 1. The van der Waals surface area contributed by atoms with Crippen molar-refractivity contribution in [2.45, 2.75) is 3.92 Å². The highest BCUT2D eigenvalue weighted by Crippen LogP contribution is 2.19. The molecule has 0 radical (unpaired) electrons. The van der Waals surface area contributed by atoms with Gasteiger partial charge in [-0.15, -0.1) is 11.8 Å². The topological polar surface area (TPSA) is 23.8 Å². The molecule has 0 bridgehead atoms. The fourth-order valence-electron chi connectivity index (χ4n) is 0.175. The van der Waals surface area contributed by atoms with Gasteiger partial charge < -0.3 is 0 Å². The summed E-state index contributed by atoms with van der Waals surface area (Å²) in [5, 5.41) is 8.30. The second-order valence-corrected chi connectivity index (χ2v) is 3.34. The molecule has 0 aromatic heterocycles. The monoisotopic (exact) mass is 239 g/mol. The number of nitriles is 1. The van der Waals surface area contributed by atoms with Crippen LogP contribution in [0, 0.1) is 11.3 Å². The number of alkyl halides is 1. The van der Waals surface area contributed by atoms with E-state index in [9.17, 15) is 0 Å². The van der Waals surface area contributed by atoms with Crippen LogP contribution in [0.2, 0.25) is 0 Å². The van der Waals surface area contributed by atoms with E-state index in [1.807, 2.05) is 6.26 Å². The number of hydrogen-bond acceptors (Lipinski definition) is 2. The predicted molar refractivity (Wildman–Crippen MR) is 46.1 cm³/mol. The molecule has 1 atom stereocenters. The highest BCUT2D eigenvalue weighted by atomic mass is 127. The SMILES string of the molecule is C=C(SC)C(I)C#N. The first-order valence-corrected chi connectivity index (χ1v) is 4.46. The normalized spacial score (nSPS) is 12.1. The van der Waals surface area contributed by atoms with Gasteiger partial charge in [-0.3, -0.25) is 0 Å². The van der Waals surface area contributed by atoms with Crippen molar-refractivity contribution in [1.82, 2.24) is 0 Å². The Hall–Kier alpha value is 0.310. The van der Waals surface area contributed by atoms with Crippen LogP contribution in [-0.2, 0) is 0 Å². The Labute approximate surface area is 67.3 Å². The summed E-state index contributed by atoms with van der Waals surface area (Å²) in [6, 6.07) is 2.08. The second-order valence-electron chi connectivity index (χ2n) is 1.16. The summed E-state index contributed by atoms with van der Waals surface area (Å²) in [5.41, 5.74) is 0. The molecule has 0 aromatic carbocycles. The summed E-state index contributed by atoms with van der Waals surface area (Å²) in [6.45, 7) is 3.68. The van der Waals surface area contributed by atoms with Crippen LogP contribution in [-0.4, -0.2) is 10.2 Å². The lowest BCUT2D eigenvalue weighted by atomic mass is 10.5. The van der Waals surface area contributed by atoms with Gasteiger partial charge in [0.05, 0.1) is 6.07 Å². The van der Waals surface area contributed by atoms with Crippen molar-refractivity contribution >= 4 is 34.4 Å².